The van der Waals surface area contributed by atoms with Gasteiger partial charge in [-0.05, 0) is 48.9 Å². The van der Waals surface area contributed by atoms with E-state index < -0.39 is 0 Å². The van der Waals surface area contributed by atoms with Gasteiger partial charge in [0.05, 0.1) is 17.5 Å². The summed E-state index contributed by atoms with van der Waals surface area (Å²) in [5.74, 6) is 0.779. The molecule has 0 atom stereocenters. The lowest BCUT2D eigenvalue weighted by atomic mass is 10.2. The van der Waals surface area contributed by atoms with Gasteiger partial charge in [-0.25, -0.2) is 5.43 Å². The number of nitrogens with zero attached hydrogens (tertiary/aromatic N) is 2. The van der Waals surface area contributed by atoms with E-state index in [1.54, 1.807) is 6.21 Å². The van der Waals surface area contributed by atoms with Crippen LogP contribution in [0.2, 0.25) is 0 Å². The molecule has 4 rings (SSSR count). The number of amides is 1. The maximum Gasteiger partial charge on any atom is 0.250 e. The number of ether oxygens (including phenoxy) is 1. The lowest BCUT2D eigenvalue weighted by Gasteiger charge is -2.09. The Bertz CT molecular complexity index is 1290. The first-order valence-corrected chi connectivity index (χ1v) is 12.1. The van der Waals surface area contributed by atoms with Gasteiger partial charge in [-0.3, -0.25) is 9.78 Å². The van der Waals surface area contributed by atoms with Crippen molar-refractivity contribution < 1.29 is 9.53 Å². The number of aryl methyl sites for hydroxylation is 1. The number of carbonyl (C=O) groups is 1. The van der Waals surface area contributed by atoms with E-state index >= 15 is 0 Å². The Labute approximate surface area is 205 Å². The second-order valence-corrected chi connectivity index (χ2v) is 9.25. The van der Waals surface area contributed by atoms with Crippen molar-refractivity contribution in [1.29, 1.82) is 0 Å². The largest absolute Gasteiger partial charge is 0.488 e. The molecule has 1 amide bonds. The molecule has 1 heterocycles. The molecule has 1 N–H and O–H groups in total. The lowest BCUT2D eigenvalue weighted by Crippen LogP contribution is -2.19. The second-order valence-electron chi connectivity index (χ2n) is 7.31. The highest BCUT2D eigenvalue weighted by Gasteiger charge is 2.08. The van der Waals surface area contributed by atoms with Crippen LogP contribution in [0.5, 0.6) is 5.75 Å². The maximum atomic E-state index is 12.4. The fourth-order valence-corrected chi connectivity index (χ4v) is 4.40. The van der Waals surface area contributed by atoms with E-state index in [0.29, 0.717) is 12.4 Å². The number of benzene rings is 3. The number of aromatic nitrogens is 1. The SMILES string of the molecule is Cc1cc(SCC(=O)NN=Cc2ccccc2OCc2ccc(Br)cc2)c2ccccc2n1. The fourth-order valence-electron chi connectivity index (χ4n) is 3.20. The summed E-state index contributed by atoms with van der Waals surface area (Å²) >= 11 is 4.91. The summed E-state index contributed by atoms with van der Waals surface area (Å²) in [5.41, 5.74) is 6.31. The van der Waals surface area contributed by atoms with Crippen molar-refractivity contribution in [2.45, 2.75) is 18.4 Å². The van der Waals surface area contributed by atoms with Crippen LogP contribution >= 0.6 is 27.7 Å². The Morgan fingerprint density at radius 1 is 1.09 bits per heavy atom. The minimum Gasteiger partial charge on any atom is -0.488 e. The normalized spacial score (nSPS) is 11.1. The molecule has 0 aliphatic rings. The summed E-state index contributed by atoms with van der Waals surface area (Å²) < 4.78 is 6.98. The van der Waals surface area contributed by atoms with Crippen LogP contribution in [-0.4, -0.2) is 22.9 Å². The number of fused-ring (bicyclic) bond motifs is 1. The molecule has 0 fully saturated rings. The van der Waals surface area contributed by atoms with Crippen molar-refractivity contribution >= 4 is 50.7 Å². The number of hydrogen-bond donors (Lipinski definition) is 1. The first-order valence-electron chi connectivity index (χ1n) is 10.4. The van der Waals surface area contributed by atoms with Crippen molar-refractivity contribution in [2.24, 2.45) is 5.10 Å². The van der Waals surface area contributed by atoms with Crippen molar-refractivity contribution in [2.75, 3.05) is 5.75 Å². The number of rotatable bonds is 8. The molecule has 33 heavy (non-hydrogen) atoms. The van der Waals surface area contributed by atoms with Crippen molar-refractivity contribution in [3.05, 3.63) is 100 Å². The number of hydrogen-bond acceptors (Lipinski definition) is 5. The van der Waals surface area contributed by atoms with Gasteiger partial charge >= 0.3 is 0 Å². The van der Waals surface area contributed by atoms with Gasteiger partial charge in [-0.2, -0.15) is 5.10 Å². The minimum atomic E-state index is -0.178. The van der Waals surface area contributed by atoms with Crippen LogP contribution in [0.4, 0.5) is 0 Å². The van der Waals surface area contributed by atoms with Crippen LogP contribution in [0.25, 0.3) is 10.9 Å². The summed E-state index contributed by atoms with van der Waals surface area (Å²) in [5, 5.41) is 5.17. The van der Waals surface area contributed by atoms with Gasteiger partial charge in [-0.1, -0.05) is 58.4 Å². The number of thioether (sulfide) groups is 1. The molecule has 0 radical (unpaired) electrons. The van der Waals surface area contributed by atoms with Crippen LogP contribution in [0.1, 0.15) is 16.8 Å². The monoisotopic (exact) mass is 519 g/mol. The van der Waals surface area contributed by atoms with E-state index in [2.05, 4.69) is 31.4 Å². The first-order chi connectivity index (χ1) is 16.1. The highest BCUT2D eigenvalue weighted by Crippen LogP contribution is 2.27. The van der Waals surface area contributed by atoms with Crippen molar-refractivity contribution in [1.82, 2.24) is 10.4 Å². The van der Waals surface area contributed by atoms with E-state index in [4.69, 9.17) is 4.74 Å². The van der Waals surface area contributed by atoms with Crippen LogP contribution < -0.4 is 10.2 Å². The van der Waals surface area contributed by atoms with Gasteiger partial charge in [0.2, 0.25) is 5.91 Å². The number of hydrazone groups is 1. The Morgan fingerprint density at radius 3 is 2.70 bits per heavy atom. The van der Waals surface area contributed by atoms with Gasteiger partial charge < -0.3 is 4.74 Å². The number of carbonyl (C=O) groups excluding carboxylic acids is 1. The molecule has 1 aromatic heterocycles. The molecule has 5 nitrogen and oxygen atoms in total. The minimum absolute atomic E-state index is 0.178. The third kappa shape index (κ3) is 6.43. The molecule has 0 saturated carbocycles. The molecule has 166 valence electrons. The number of nitrogens with one attached hydrogen (secondary N) is 1. The van der Waals surface area contributed by atoms with Gasteiger partial charge in [0, 0.05) is 26.0 Å². The zero-order chi connectivity index (χ0) is 23.0. The summed E-state index contributed by atoms with van der Waals surface area (Å²) in [6, 6.07) is 25.5. The molecule has 7 heteroatoms. The zero-order valence-electron chi connectivity index (χ0n) is 18.0. The first kappa shape index (κ1) is 23.0. The van der Waals surface area contributed by atoms with E-state index in [0.717, 1.165) is 37.1 Å². The molecular formula is C26H22BrN3O2S. The van der Waals surface area contributed by atoms with Gasteiger partial charge in [0.15, 0.2) is 0 Å². The predicted octanol–water partition coefficient (Wildman–Crippen LogP) is 6.13. The van der Waals surface area contributed by atoms with Crippen LogP contribution in [0, 0.1) is 6.92 Å². The molecule has 0 aliphatic carbocycles. The Balaban J connectivity index is 1.34. The lowest BCUT2D eigenvalue weighted by molar-refractivity contribution is -0.118. The van der Waals surface area contributed by atoms with Crippen molar-refractivity contribution in [3.63, 3.8) is 0 Å². The molecule has 0 spiro atoms. The second kappa shape index (κ2) is 11.1. The third-order valence-electron chi connectivity index (χ3n) is 4.78. The zero-order valence-corrected chi connectivity index (χ0v) is 20.4. The summed E-state index contributed by atoms with van der Waals surface area (Å²) in [7, 11) is 0. The quantitative estimate of drug-likeness (QED) is 0.173. The average Bonchev–Trinajstić information content (AvgIpc) is 2.83. The van der Waals surface area contributed by atoms with Gasteiger partial charge in [0.1, 0.15) is 12.4 Å². The predicted molar refractivity (Wildman–Crippen MR) is 138 cm³/mol. The van der Waals surface area contributed by atoms with E-state index in [-0.39, 0.29) is 11.7 Å². The highest BCUT2D eigenvalue weighted by atomic mass is 79.9. The van der Waals surface area contributed by atoms with Crippen LogP contribution in [0.3, 0.4) is 0 Å². The molecular weight excluding hydrogens is 498 g/mol. The average molecular weight is 520 g/mol. The molecule has 0 unspecified atom stereocenters. The maximum absolute atomic E-state index is 12.4. The van der Waals surface area contributed by atoms with Gasteiger partial charge in [0.25, 0.3) is 0 Å². The molecule has 4 aromatic rings. The molecule has 0 saturated heterocycles. The summed E-state index contributed by atoms with van der Waals surface area (Å²) in [6.07, 6.45) is 1.60. The number of pyridine rings is 1. The Kier molecular flexibility index (Phi) is 7.75. The standard InChI is InChI=1S/C26H22BrN3O2S/c1-18-14-25(22-7-3-4-8-23(22)29-18)33-17-26(31)30-28-15-20-6-2-5-9-24(20)32-16-19-10-12-21(27)13-11-19/h2-15H,16-17H2,1H3,(H,30,31). The fraction of sp³-hybridized carbons (Fsp3) is 0.115. The summed E-state index contributed by atoms with van der Waals surface area (Å²) in [4.78, 5) is 17.9. The number of halogens is 1. The van der Waals surface area contributed by atoms with Crippen molar-refractivity contribution in [3.8, 4) is 5.75 Å². The van der Waals surface area contributed by atoms with E-state index in [1.807, 2.05) is 85.8 Å². The van der Waals surface area contributed by atoms with Gasteiger partial charge in [-0.15, -0.1) is 11.8 Å². The highest BCUT2D eigenvalue weighted by molar-refractivity contribution is 9.10. The van der Waals surface area contributed by atoms with E-state index in [9.17, 15) is 4.79 Å². The molecule has 0 bridgehead atoms. The van der Waals surface area contributed by atoms with Crippen LogP contribution in [0.15, 0.2) is 93.3 Å². The topological polar surface area (TPSA) is 63.6 Å². The Hall–Kier alpha value is -3.16. The summed E-state index contributed by atoms with van der Waals surface area (Å²) in [6.45, 7) is 2.40. The smallest absolute Gasteiger partial charge is 0.250 e. The Morgan fingerprint density at radius 2 is 1.85 bits per heavy atom. The number of para-hydroxylation sites is 2. The third-order valence-corrected chi connectivity index (χ3v) is 6.37. The molecule has 0 aliphatic heterocycles. The van der Waals surface area contributed by atoms with E-state index in [1.165, 1.54) is 11.8 Å². The van der Waals surface area contributed by atoms with Crippen LogP contribution in [-0.2, 0) is 11.4 Å². The molecule has 3 aromatic carbocycles.